The van der Waals surface area contributed by atoms with Gasteiger partial charge in [0, 0.05) is 18.4 Å². The monoisotopic (exact) mass is 476 g/mol. The minimum Gasteiger partial charge on any atom is -0.478 e. The summed E-state index contributed by atoms with van der Waals surface area (Å²) in [4.78, 5) is 36.3. The predicted octanol–water partition coefficient (Wildman–Crippen LogP) is 5.17. The molecular weight excluding hydrogens is 451 g/mol. The van der Waals surface area contributed by atoms with Gasteiger partial charge in [0.05, 0.1) is 11.3 Å². The number of benzene rings is 3. The first-order valence-corrected chi connectivity index (χ1v) is 11.3. The molecule has 0 fully saturated rings. The molecule has 1 aliphatic rings. The lowest BCUT2D eigenvalue weighted by Crippen LogP contribution is -2.38. The SMILES string of the molecule is CCC(CC(=O)Nc1cc(F)ccc1C(=O)O)NC(=O)OCC1c2ccccc2-c2ccccc21. The Morgan fingerprint density at radius 3 is 2.23 bits per heavy atom. The first-order chi connectivity index (χ1) is 16.9. The van der Waals surface area contributed by atoms with Crippen molar-refractivity contribution in [3.63, 3.8) is 0 Å². The normalized spacial score (nSPS) is 12.9. The third kappa shape index (κ3) is 5.32. The molecule has 3 aromatic rings. The van der Waals surface area contributed by atoms with Gasteiger partial charge in [-0.05, 0) is 46.9 Å². The second-order valence-corrected chi connectivity index (χ2v) is 8.32. The highest BCUT2D eigenvalue weighted by atomic mass is 19.1. The molecule has 35 heavy (non-hydrogen) atoms. The summed E-state index contributed by atoms with van der Waals surface area (Å²) in [5, 5.41) is 14.3. The second-order valence-electron chi connectivity index (χ2n) is 8.32. The van der Waals surface area contributed by atoms with Gasteiger partial charge >= 0.3 is 12.1 Å². The van der Waals surface area contributed by atoms with Crippen molar-refractivity contribution in [3.8, 4) is 11.1 Å². The quantitative estimate of drug-likeness (QED) is 0.416. The van der Waals surface area contributed by atoms with Gasteiger partial charge in [0.25, 0.3) is 0 Å². The number of carbonyl (C=O) groups is 3. The fourth-order valence-corrected chi connectivity index (χ4v) is 4.34. The molecule has 180 valence electrons. The van der Waals surface area contributed by atoms with Crippen molar-refractivity contribution in [2.75, 3.05) is 11.9 Å². The van der Waals surface area contributed by atoms with E-state index in [9.17, 15) is 23.9 Å². The van der Waals surface area contributed by atoms with Crippen LogP contribution in [0.15, 0.2) is 66.7 Å². The Bertz CT molecular complexity index is 1230. The molecule has 1 unspecified atom stereocenters. The van der Waals surface area contributed by atoms with Gasteiger partial charge in [-0.2, -0.15) is 0 Å². The van der Waals surface area contributed by atoms with Gasteiger partial charge in [0.15, 0.2) is 0 Å². The lowest BCUT2D eigenvalue weighted by molar-refractivity contribution is -0.116. The van der Waals surface area contributed by atoms with Crippen molar-refractivity contribution in [2.45, 2.75) is 31.7 Å². The summed E-state index contributed by atoms with van der Waals surface area (Å²) in [5.41, 5.74) is 4.07. The van der Waals surface area contributed by atoms with Crippen molar-refractivity contribution in [3.05, 3.63) is 89.2 Å². The number of carboxylic acids is 1. The average Bonchev–Trinajstić information content (AvgIpc) is 3.16. The maximum Gasteiger partial charge on any atom is 0.407 e. The van der Waals surface area contributed by atoms with E-state index < -0.39 is 29.8 Å². The van der Waals surface area contributed by atoms with Crippen LogP contribution in [0.5, 0.6) is 0 Å². The summed E-state index contributed by atoms with van der Waals surface area (Å²) in [6, 6.07) is 18.5. The van der Waals surface area contributed by atoms with Crippen molar-refractivity contribution < 1.29 is 28.6 Å². The molecule has 3 aromatic carbocycles. The number of hydrogen-bond donors (Lipinski definition) is 3. The van der Waals surface area contributed by atoms with Gasteiger partial charge in [-0.1, -0.05) is 55.5 Å². The molecule has 1 atom stereocenters. The van der Waals surface area contributed by atoms with Crippen molar-refractivity contribution in [2.24, 2.45) is 0 Å². The van der Waals surface area contributed by atoms with Crippen LogP contribution in [0.4, 0.5) is 14.9 Å². The summed E-state index contributed by atoms with van der Waals surface area (Å²) in [7, 11) is 0. The fourth-order valence-electron chi connectivity index (χ4n) is 4.34. The fraction of sp³-hybridized carbons (Fsp3) is 0.222. The molecule has 0 saturated heterocycles. The van der Waals surface area contributed by atoms with E-state index in [-0.39, 0.29) is 30.2 Å². The number of aromatic carboxylic acids is 1. The second kappa shape index (κ2) is 10.4. The van der Waals surface area contributed by atoms with Crippen molar-refractivity contribution >= 4 is 23.7 Å². The van der Waals surface area contributed by atoms with Gasteiger partial charge in [-0.15, -0.1) is 0 Å². The largest absolute Gasteiger partial charge is 0.478 e. The Morgan fingerprint density at radius 1 is 1.00 bits per heavy atom. The molecule has 8 heteroatoms. The topological polar surface area (TPSA) is 105 Å². The molecule has 4 rings (SSSR count). The summed E-state index contributed by atoms with van der Waals surface area (Å²) >= 11 is 0. The minimum absolute atomic E-state index is 0.0843. The lowest BCUT2D eigenvalue weighted by atomic mass is 9.98. The summed E-state index contributed by atoms with van der Waals surface area (Å²) < 4.78 is 19.1. The van der Waals surface area contributed by atoms with Crippen LogP contribution in [-0.4, -0.2) is 35.7 Å². The van der Waals surface area contributed by atoms with Crippen LogP contribution in [0.1, 0.15) is 47.2 Å². The highest BCUT2D eigenvalue weighted by Gasteiger charge is 2.29. The number of carbonyl (C=O) groups excluding carboxylic acids is 2. The Labute approximate surface area is 201 Å². The number of halogens is 1. The van der Waals surface area contributed by atoms with Crippen molar-refractivity contribution in [1.82, 2.24) is 5.32 Å². The van der Waals surface area contributed by atoms with Crippen LogP contribution in [0.3, 0.4) is 0 Å². The van der Waals surface area contributed by atoms with Crippen LogP contribution in [-0.2, 0) is 9.53 Å². The van der Waals surface area contributed by atoms with Crippen LogP contribution < -0.4 is 10.6 Å². The average molecular weight is 477 g/mol. The standard InChI is InChI=1S/C27H25FN2O5/c1-2-17(14-25(31)30-24-13-16(28)11-12-22(24)26(32)33)29-27(34)35-15-23-20-9-5-3-7-18(20)19-8-4-6-10-21(19)23/h3-13,17,23H,2,14-15H2,1H3,(H,29,34)(H,30,31)(H,32,33). The van der Waals surface area contributed by atoms with Crippen LogP contribution >= 0.6 is 0 Å². The smallest absolute Gasteiger partial charge is 0.407 e. The van der Waals surface area contributed by atoms with E-state index in [0.717, 1.165) is 40.5 Å². The van der Waals surface area contributed by atoms with E-state index in [1.165, 1.54) is 0 Å². The van der Waals surface area contributed by atoms with E-state index >= 15 is 0 Å². The maximum atomic E-state index is 13.5. The maximum absolute atomic E-state index is 13.5. The zero-order valence-corrected chi connectivity index (χ0v) is 19.1. The van der Waals surface area contributed by atoms with Gasteiger partial charge in [0.2, 0.25) is 5.91 Å². The molecule has 0 spiro atoms. The van der Waals surface area contributed by atoms with Gasteiger partial charge < -0.3 is 20.5 Å². The van der Waals surface area contributed by atoms with Crippen LogP contribution in [0, 0.1) is 5.82 Å². The third-order valence-electron chi connectivity index (χ3n) is 6.08. The predicted molar refractivity (Wildman–Crippen MR) is 129 cm³/mol. The first kappa shape index (κ1) is 23.9. The highest BCUT2D eigenvalue weighted by Crippen LogP contribution is 2.44. The third-order valence-corrected chi connectivity index (χ3v) is 6.08. The van der Waals surface area contributed by atoms with E-state index in [0.29, 0.717) is 6.42 Å². The molecule has 7 nitrogen and oxygen atoms in total. The molecule has 0 saturated carbocycles. The number of fused-ring (bicyclic) bond motifs is 3. The molecule has 1 aliphatic carbocycles. The molecule has 0 aliphatic heterocycles. The van der Waals surface area contributed by atoms with E-state index in [2.05, 4.69) is 10.6 Å². The van der Waals surface area contributed by atoms with Gasteiger partial charge in [0.1, 0.15) is 12.4 Å². The number of anilines is 1. The van der Waals surface area contributed by atoms with Crippen molar-refractivity contribution in [1.29, 1.82) is 0 Å². The number of carboxylic acid groups (broad SMARTS) is 1. The zero-order valence-electron chi connectivity index (χ0n) is 19.1. The molecule has 0 aromatic heterocycles. The van der Waals surface area contributed by atoms with E-state index in [4.69, 9.17) is 4.74 Å². The van der Waals surface area contributed by atoms with Gasteiger partial charge in [-0.3, -0.25) is 4.79 Å². The molecule has 0 heterocycles. The number of amides is 2. The molecule has 0 bridgehead atoms. The summed E-state index contributed by atoms with van der Waals surface area (Å²) in [6.07, 6.45) is -0.341. The number of alkyl carbamates (subject to hydrolysis) is 1. The highest BCUT2D eigenvalue weighted by molar-refractivity contribution is 6.00. The zero-order chi connectivity index (χ0) is 24.9. The van der Waals surface area contributed by atoms with Gasteiger partial charge in [-0.25, -0.2) is 14.0 Å². The summed E-state index contributed by atoms with van der Waals surface area (Å²) in [6.45, 7) is 1.94. The van der Waals surface area contributed by atoms with E-state index in [1.54, 1.807) is 6.92 Å². The molecule has 0 radical (unpaired) electrons. The Morgan fingerprint density at radius 2 is 1.63 bits per heavy atom. The lowest BCUT2D eigenvalue weighted by Gasteiger charge is -2.19. The molecular formula is C27H25FN2O5. The van der Waals surface area contributed by atoms with Crippen LogP contribution in [0.25, 0.3) is 11.1 Å². The number of rotatable bonds is 8. The summed E-state index contributed by atoms with van der Waals surface area (Å²) in [5.74, 6) is -2.60. The molecule has 3 N–H and O–H groups in total. The number of hydrogen-bond acceptors (Lipinski definition) is 4. The van der Waals surface area contributed by atoms with Crippen LogP contribution in [0.2, 0.25) is 0 Å². The number of nitrogens with one attached hydrogen (secondary N) is 2. The Hall–Kier alpha value is -4.20. The Kier molecular flexibility index (Phi) is 7.10. The molecule has 2 amide bonds. The Balaban J connectivity index is 1.36. The first-order valence-electron chi connectivity index (χ1n) is 11.3. The van der Waals surface area contributed by atoms with E-state index in [1.807, 2.05) is 48.5 Å². The minimum atomic E-state index is -1.29. The number of ether oxygens (including phenoxy) is 1.